The smallest absolute Gasteiger partial charge is 0.274 e. The molecule has 0 aliphatic rings. The standard InChI is InChI=1S/C22H24N2O4/c1-5-23-22(27)20-19(14-8-6-13(4)7-9-14)21(28-24-20)16-10-15(12(2)3)17(25)11-18(16)26/h6-12,25-26H,5H2,1-4H3,(H,23,27). The number of nitrogens with zero attached hydrogens (tertiary/aromatic N) is 1. The predicted octanol–water partition coefficient (Wildman–Crippen LogP) is 4.60. The number of aryl methyl sites for hydroxylation is 1. The van der Waals surface area contributed by atoms with Gasteiger partial charge in [0.25, 0.3) is 5.91 Å². The van der Waals surface area contributed by atoms with Gasteiger partial charge in [0.05, 0.1) is 11.1 Å². The highest BCUT2D eigenvalue weighted by Crippen LogP contribution is 2.43. The van der Waals surface area contributed by atoms with Gasteiger partial charge in [0.15, 0.2) is 11.5 Å². The van der Waals surface area contributed by atoms with Crippen LogP contribution >= 0.6 is 0 Å². The maximum atomic E-state index is 12.5. The van der Waals surface area contributed by atoms with E-state index in [1.165, 1.54) is 6.07 Å². The lowest BCUT2D eigenvalue weighted by Crippen LogP contribution is -2.23. The maximum Gasteiger partial charge on any atom is 0.274 e. The zero-order valence-corrected chi connectivity index (χ0v) is 16.4. The number of nitrogens with one attached hydrogen (secondary N) is 1. The molecule has 3 N–H and O–H groups in total. The topological polar surface area (TPSA) is 95.6 Å². The summed E-state index contributed by atoms with van der Waals surface area (Å²) >= 11 is 0. The summed E-state index contributed by atoms with van der Waals surface area (Å²) in [5.74, 6) is -0.168. The van der Waals surface area contributed by atoms with Gasteiger partial charge in [-0.3, -0.25) is 4.79 Å². The van der Waals surface area contributed by atoms with Crippen molar-refractivity contribution >= 4 is 5.91 Å². The van der Waals surface area contributed by atoms with E-state index in [0.717, 1.165) is 11.1 Å². The third-order valence-corrected chi connectivity index (χ3v) is 4.60. The molecule has 1 aromatic heterocycles. The highest BCUT2D eigenvalue weighted by atomic mass is 16.5. The van der Waals surface area contributed by atoms with Gasteiger partial charge < -0.3 is 20.1 Å². The third kappa shape index (κ3) is 3.58. The first-order valence-corrected chi connectivity index (χ1v) is 9.24. The maximum absolute atomic E-state index is 12.5. The molecule has 0 bridgehead atoms. The van der Waals surface area contributed by atoms with Crippen molar-refractivity contribution in [2.45, 2.75) is 33.6 Å². The molecule has 0 spiro atoms. The van der Waals surface area contributed by atoms with Crippen LogP contribution in [0.15, 0.2) is 40.9 Å². The molecule has 0 saturated carbocycles. The number of hydrogen-bond acceptors (Lipinski definition) is 5. The van der Waals surface area contributed by atoms with E-state index in [9.17, 15) is 15.0 Å². The Morgan fingerprint density at radius 3 is 2.43 bits per heavy atom. The minimum atomic E-state index is -0.351. The number of carbonyl (C=O) groups is 1. The minimum absolute atomic E-state index is 0.0107. The van der Waals surface area contributed by atoms with Gasteiger partial charge in [0.2, 0.25) is 0 Å². The highest BCUT2D eigenvalue weighted by molar-refractivity contribution is 6.02. The fraction of sp³-hybridized carbons (Fsp3) is 0.273. The van der Waals surface area contributed by atoms with Crippen LogP contribution in [0.3, 0.4) is 0 Å². The van der Waals surface area contributed by atoms with Crippen molar-refractivity contribution < 1.29 is 19.5 Å². The predicted molar refractivity (Wildman–Crippen MR) is 108 cm³/mol. The van der Waals surface area contributed by atoms with E-state index < -0.39 is 0 Å². The molecular formula is C22H24N2O4. The van der Waals surface area contributed by atoms with Gasteiger partial charge in [-0.15, -0.1) is 0 Å². The number of rotatable bonds is 5. The lowest BCUT2D eigenvalue weighted by Gasteiger charge is -2.12. The summed E-state index contributed by atoms with van der Waals surface area (Å²) in [7, 11) is 0. The Labute approximate surface area is 163 Å². The van der Waals surface area contributed by atoms with Crippen LogP contribution in [0.2, 0.25) is 0 Å². The van der Waals surface area contributed by atoms with Crippen LogP contribution in [0.25, 0.3) is 22.5 Å². The van der Waals surface area contributed by atoms with Crippen molar-refractivity contribution in [3.05, 3.63) is 53.2 Å². The molecule has 0 fully saturated rings. The van der Waals surface area contributed by atoms with Gasteiger partial charge in [0, 0.05) is 12.6 Å². The molecule has 6 heteroatoms. The quantitative estimate of drug-likeness (QED) is 0.601. The fourth-order valence-corrected chi connectivity index (χ4v) is 3.10. The molecule has 3 aromatic rings. The monoisotopic (exact) mass is 380 g/mol. The molecule has 6 nitrogen and oxygen atoms in total. The molecule has 0 aliphatic heterocycles. The van der Waals surface area contributed by atoms with E-state index in [2.05, 4.69) is 10.5 Å². The number of phenols is 2. The number of carbonyl (C=O) groups excluding carboxylic acids is 1. The van der Waals surface area contributed by atoms with E-state index in [0.29, 0.717) is 23.2 Å². The molecule has 0 atom stereocenters. The number of hydrogen-bond donors (Lipinski definition) is 3. The van der Waals surface area contributed by atoms with Crippen molar-refractivity contribution in [1.82, 2.24) is 10.5 Å². The van der Waals surface area contributed by atoms with E-state index >= 15 is 0 Å². The molecule has 0 aliphatic carbocycles. The number of aromatic nitrogens is 1. The number of benzene rings is 2. The van der Waals surface area contributed by atoms with Crippen LogP contribution in [-0.4, -0.2) is 27.8 Å². The van der Waals surface area contributed by atoms with Gasteiger partial charge in [-0.05, 0) is 37.0 Å². The average Bonchev–Trinajstić information content (AvgIpc) is 3.07. The van der Waals surface area contributed by atoms with Crippen molar-refractivity contribution in [3.63, 3.8) is 0 Å². The molecule has 146 valence electrons. The largest absolute Gasteiger partial charge is 0.508 e. The Balaban J connectivity index is 2.26. The van der Waals surface area contributed by atoms with Crippen LogP contribution < -0.4 is 5.32 Å². The Hall–Kier alpha value is -3.28. The zero-order valence-electron chi connectivity index (χ0n) is 16.4. The van der Waals surface area contributed by atoms with E-state index in [-0.39, 0.29) is 34.8 Å². The fourth-order valence-electron chi connectivity index (χ4n) is 3.10. The van der Waals surface area contributed by atoms with Gasteiger partial charge in [-0.25, -0.2) is 0 Å². The Kier molecular flexibility index (Phi) is 5.40. The molecule has 1 amide bonds. The molecule has 0 unspecified atom stereocenters. The number of aromatic hydroxyl groups is 2. The highest BCUT2D eigenvalue weighted by Gasteiger charge is 2.26. The van der Waals surface area contributed by atoms with Crippen LogP contribution in [0.4, 0.5) is 0 Å². The molecule has 2 aromatic carbocycles. The SMILES string of the molecule is CCNC(=O)c1noc(-c2cc(C(C)C)c(O)cc2O)c1-c1ccc(C)cc1. The van der Waals surface area contributed by atoms with Crippen molar-refractivity contribution in [3.8, 4) is 33.9 Å². The molecule has 1 heterocycles. The summed E-state index contributed by atoms with van der Waals surface area (Å²) in [5.41, 5.74) is 3.53. The molecular weight excluding hydrogens is 356 g/mol. The third-order valence-electron chi connectivity index (χ3n) is 4.60. The second-order valence-corrected chi connectivity index (χ2v) is 7.04. The first kappa shape index (κ1) is 19.5. The summed E-state index contributed by atoms with van der Waals surface area (Å²) in [6, 6.07) is 10.6. The van der Waals surface area contributed by atoms with Crippen molar-refractivity contribution in [2.24, 2.45) is 0 Å². The van der Waals surface area contributed by atoms with Crippen LogP contribution in [0, 0.1) is 6.92 Å². The summed E-state index contributed by atoms with van der Waals surface area (Å²) in [6.45, 7) is 8.14. The molecule has 28 heavy (non-hydrogen) atoms. The summed E-state index contributed by atoms with van der Waals surface area (Å²) in [4.78, 5) is 12.5. The summed E-state index contributed by atoms with van der Waals surface area (Å²) < 4.78 is 5.54. The van der Waals surface area contributed by atoms with Gasteiger partial charge >= 0.3 is 0 Å². The number of phenolic OH excluding ortho intramolecular Hbond substituents is 2. The Bertz CT molecular complexity index is 1000. The normalized spacial score (nSPS) is 11.0. The van der Waals surface area contributed by atoms with E-state index in [4.69, 9.17) is 4.52 Å². The lowest BCUT2D eigenvalue weighted by atomic mass is 9.94. The Morgan fingerprint density at radius 1 is 1.14 bits per heavy atom. The molecule has 0 saturated heterocycles. The summed E-state index contributed by atoms with van der Waals surface area (Å²) in [6.07, 6.45) is 0. The minimum Gasteiger partial charge on any atom is -0.508 e. The second-order valence-electron chi connectivity index (χ2n) is 7.04. The molecule has 3 rings (SSSR count). The van der Waals surface area contributed by atoms with Crippen molar-refractivity contribution in [2.75, 3.05) is 6.54 Å². The molecule has 0 radical (unpaired) electrons. The number of amides is 1. The first-order valence-electron chi connectivity index (χ1n) is 9.24. The first-order chi connectivity index (χ1) is 13.3. The van der Waals surface area contributed by atoms with E-state index in [1.807, 2.05) is 52.0 Å². The van der Waals surface area contributed by atoms with E-state index in [1.54, 1.807) is 6.07 Å². The Morgan fingerprint density at radius 2 is 1.82 bits per heavy atom. The second kappa shape index (κ2) is 7.76. The van der Waals surface area contributed by atoms with Gasteiger partial charge in [0.1, 0.15) is 11.5 Å². The summed E-state index contributed by atoms with van der Waals surface area (Å²) in [5, 5.41) is 27.3. The van der Waals surface area contributed by atoms with Gasteiger partial charge in [-0.2, -0.15) is 0 Å². The van der Waals surface area contributed by atoms with Crippen LogP contribution in [-0.2, 0) is 0 Å². The van der Waals surface area contributed by atoms with Crippen molar-refractivity contribution in [1.29, 1.82) is 0 Å². The van der Waals surface area contributed by atoms with Gasteiger partial charge in [-0.1, -0.05) is 48.8 Å². The average molecular weight is 380 g/mol. The van der Waals surface area contributed by atoms with Crippen LogP contribution in [0.5, 0.6) is 11.5 Å². The zero-order chi connectivity index (χ0) is 20.4. The lowest BCUT2D eigenvalue weighted by molar-refractivity contribution is 0.0947. The van der Waals surface area contributed by atoms with Crippen LogP contribution in [0.1, 0.15) is 48.3 Å².